The van der Waals surface area contributed by atoms with Crippen molar-refractivity contribution in [3.63, 3.8) is 0 Å². The molecule has 0 N–H and O–H groups in total. The van der Waals surface area contributed by atoms with E-state index >= 15 is 0 Å². The lowest BCUT2D eigenvalue weighted by molar-refractivity contribution is -0.385. The zero-order valence-electron chi connectivity index (χ0n) is 23.6. The Morgan fingerprint density at radius 2 is 1.60 bits per heavy atom. The molecule has 10 nitrogen and oxygen atoms in total. The average Bonchev–Trinajstić information content (AvgIpc) is 3.45. The van der Waals surface area contributed by atoms with Gasteiger partial charge in [-0.15, -0.1) is 0 Å². The fourth-order valence-electron chi connectivity index (χ4n) is 5.21. The van der Waals surface area contributed by atoms with Gasteiger partial charge in [0.15, 0.2) is 0 Å². The van der Waals surface area contributed by atoms with Crippen molar-refractivity contribution in [3.8, 4) is 0 Å². The number of alkyl halides is 2. The highest BCUT2D eigenvalue weighted by Crippen LogP contribution is 2.49. The minimum Gasteiger partial charge on any atom is -0.361 e. The summed E-state index contributed by atoms with van der Waals surface area (Å²) in [5.74, 6) is 0.617. The molecule has 2 heterocycles. The molecule has 1 aliphatic carbocycles. The van der Waals surface area contributed by atoms with Crippen LogP contribution < -0.4 is 4.90 Å². The maximum atomic E-state index is 13.5. The summed E-state index contributed by atoms with van der Waals surface area (Å²) < 4.78 is 5.86. The molecule has 1 unspecified atom stereocenters. The van der Waals surface area contributed by atoms with Gasteiger partial charge in [-0.05, 0) is 47.2 Å². The van der Waals surface area contributed by atoms with E-state index in [0.717, 1.165) is 33.9 Å². The van der Waals surface area contributed by atoms with Crippen molar-refractivity contribution in [2.45, 2.75) is 54.6 Å². The lowest BCUT2D eigenvalue weighted by Gasteiger charge is -2.23. The van der Waals surface area contributed by atoms with E-state index in [9.17, 15) is 25.0 Å². The fourth-order valence-corrected chi connectivity index (χ4v) is 7.03. The molecule has 0 saturated carbocycles. The number of hydrogen-bond acceptors (Lipinski definition) is 7. The molecule has 42 heavy (non-hydrogen) atoms. The highest BCUT2D eigenvalue weighted by atomic mass is 79.9. The number of ether oxygens (including phenoxy) is 1. The molecule has 3 aromatic rings. The number of carbonyl (C=O) groups is 1. The van der Waals surface area contributed by atoms with E-state index in [4.69, 9.17) is 4.74 Å². The Morgan fingerprint density at radius 1 is 0.952 bits per heavy atom. The van der Waals surface area contributed by atoms with E-state index in [1.807, 2.05) is 12.1 Å². The molecule has 0 radical (unpaired) electrons. The predicted molar refractivity (Wildman–Crippen MR) is 171 cm³/mol. The Morgan fingerprint density at radius 3 is 2.24 bits per heavy atom. The first-order chi connectivity index (χ1) is 19.9. The van der Waals surface area contributed by atoms with Crippen molar-refractivity contribution in [2.24, 2.45) is 0 Å². The molecule has 2 aromatic carbocycles. The van der Waals surface area contributed by atoms with Gasteiger partial charge in [0.05, 0.1) is 15.3 Å². The molecule has 0 fully saturated rings. The number of anilines is 1. The van der Waals surface area contributed by atoms with Gasteiger partial charge in [-0.2, -0.15) is 0 Å². The molecule has 1 spiro atoms. The summed E-state index contributed by atoms with van der Waals surface area (Å²) >= 11 is 6.61. The van der Waals surface area contributed by atoms with E-state index < -0.39 is 18.4 Å². The lowest BCUT2D eigenvalue weighted by atomic mass is 9.79. The fraction of sp³-hybridized carbons (Fsp3) is 0.379. The standard InChI is InChI=1S/C21H25N3O4Si.C8H7Br2NO2/c1-29(2,3)10-9-28-14-23-19-18(5-4-8-22-19)21(20(23)25)12-15-6-7-17(24(26)27)11-16(15)13-21;9-4-6-1-2-8(11(12)13)3-7(6)5-10/h4-8,11H,9-10,12-14H2,1-3H3;1-3H,4-5H2. The summed E-state index contributed by atoms with van der Waals surface area (Å²) in [7, 11) is -1.21. The second-order valence-corrected chi connectivity index (χ2v) is 18.3. The number of hydrogen-bond donors (Lipinski definition) is 0. The number of halogens is 2. The third-order valence-electron chi connectivity index (χ3n) is 7.50. The van der Waals surface area contributed by atoms with Gasteiger partial charge in [0, 0.05) is 61.4 Å². The van der Waals surface area contributed by atoms with Gasteiger partial charge in [0.25, 0.3) is 11.4 Å². The summed E-state index contributed by atoms with van der Waals surface area (Å²) in [5.41, 5.74) is 4.21. The Bertz CT molecular complexity index is 1520. The Hall–Kier alpha value is -3.00. The second kappa shape index (κ2) is 13.1. The van der Waals surface area contributed by atoms with Crippen LogP contribution in [0.4, 0.5) is 17.2 Å². The number of benzene rings is 2. The molecule has 1 amide bonds. The van der Waals surface area contributed by atoms with Gasteiger partial charge < -0.3 is 4.74 Å². The van der Waals surface area contributed by atoms with E-state index in [-0.39, 0.29) is 28.9 Å². The lowest BCUT2D eigenvalue weighted by Crippen LogP contribution is -2.42. The summed E-state index contributed by atoms with van der Waals surface area (Å²) in [6, 6.07) is 14.6. The number of carbonyl (C=O) groups excluding carboxylic acids is 1. The smallest absolute Gasteiger partial charge is 0.269 e. The van der Waals surface area contributed by atoms with Gasteiger partial charge in [-0.25, -0.2) is 4.98 Å². The van der Waals surface area contributed by atoms with Crippen molar-refractivity contribution >= 4 is 63.0 Å². The van der Waals surface area contributed by atoms with E-state index in [1.54, 1.807) is 35.4 Å². The zero-order chi connectivity index (χ0) is 30.7. The number of pyridine rings is 1. The third kappa shape index (κ3) is 6.79. The van der Waals surface area contributed by atoms with Crippen molar-refractivity contribution in [1.29, 1.82) is 0 Å². The molecule has 2 aliphatic rings. The number of nitro groups is 2. The molecule has 0 bridgehead atoms. The highest BCUT2D eigenvalue weighted by molar-refractivity contribution is 9.09. The Kier molecular flexibility index (Phi) is 9.96. The van der Waals surface area contributed by atoms with Crippen molar-refractivity contribution in [2.75, 3.05) is 18.2 Å². The Labute approximate surface area is 262 Å². The molecule has 1 aliphatic heterocycles. The van der Waals surface area contributed by atoms with E-state index in [0.29, 0.717) is 35.9 Å². The minimum atomic E-state index is -1.21. The van der Waals surface area contributed by atoms with Crippen LogP contribution in [0.2, 0.25) is 25.7 Å². The topological polar surface area (TPSA) is 129 Å². The van der Waals surface area contributed by atoms with Crippen molar-refractivity contribution in [1.82, 2.24) is 4.98 Å². The van der Waals surface area contributed by atoms with Crippen LogP contribution in [0.1, 0.15) is 27.8 Å². The molecule has 222 valence electrons. The highest BCUT2D eigenvalue weighted by Gasteiger charge is 2.54. The van der Waals surface area contributed by atoms with Crippen LogP contribution in [-0.4, -0.2) is 42.1 Å². The van der Waals surface area contributed by atoms with Gasteiger partial charge in [0.2, 0.25) is 5.91 Å². The first kappa shape index (κ1) is 31.9. The first-order valence-corrected chi connectivity index (χ1v) is 19.3. The first-order valence-electron chi connectivity index (χ1n) is 13.4. The molecule has 0 saturated heterocycles. The van der Waals surface area contributed by atoms with Gasteiger partial charge in [0.1, 0.15) is 12.5 Å². The maximum absolute atomic E-state index is 13.5. The molecule has 1 aromatic heterocycles. The molecule has 1 atom stereocenters. The zero-order valence-corrected chi connectivity index (χ0v) is 27.8. The maximum Gasteiger partial charge on any atom is 0.269 e. The molecule has 13 heteroatoms. The van der Waals surface area contributed by atoms with Crippen LogP contribution in [-0.2, 0) is 38.4 Å². The molecule has 5 rings (SSSR count). The number of amides is 1. The molecular weight excluding hydrogens is 688 g/mol. The number of non-ortho nitro benzene ring substituents is 2. The SMILES string of the molecule is C[Si](C)(C)CCOCN1C(=O)C2(Cc3ccc([N+](=O)[O-])cc3C2)c2cccnc21.O=[N+]([O-])c1ccc(CBr)c(CBr)c1. The third-order valence-corrected chi connectivity index (χ3v) is 10.4. The van der Waals surface area contributed by atoms with Crippen LogP contribution in [0.3, 0.4) is 0 Å². The predicted octanol–water partition coefficient (Wildman–Crippen LogP) is 7.07. The van der Waals surface area contributed by atoms with Crippen LogP contribution >= 0.6 is 31.9 Å². The number of fused-ring (bicyclic) bond motifs is 3. The summed E-state index contributed by atoms with van der Waals surface area (Å²) in [5, 5.41) is 22.9. The van der Waals surface area contributed by atoms with Crippen molar-refractivity contribution < 1.29 is 19.4 Å². The summed E-state index contributed by atoms with van der Waals surface area (Å²) in [6.07, 6.45) is 2.67. The number of nitro benzene ring substituents is 2. The monoisotopic (exact) mass is 718 g/mol. The number of aromatic nitrogens is 1. The van der Waals surface area contributed by atoms with Gasteiger partial charge >= 0.3 is 0 Å². The molecular formula is C29H32Br2N4O6Si. The van der Waals surface area contributed by atoms with E-state index in [1.165, 1.54) is 12.1 Å². The van der Waals surface area contributed by atoms with Crippen LogP contribution in [0, 0.1) is 20.2 Å². The number of rotatable bonds is 9. The number of nitrogens with zero attached hydrogens (tertiary/aromatic N) is 4. The quantitative estimate of drug-likeness (QED) is 0.0761. The van der Waals surface area contributed by atoms with Crippen molar-refractivity contribution in [3.05, 3.63) is 103 Å². The second-order valence-electron chi connectivity index (χ2n) is 11.6. The van der Waals surface area contributed by atoms with Gasteiger partial charge in [-0.3, -0.25) is 29.9 Å². The normalized spacial score (nSPS) is 17.1. The Balaban J connectivity index is 0.000000262. The minimum absolute atomic E-state index is 0.0296. The van der Waals surface area contributed by atoms with Crippen LogP contribution in [0.5, 0.6) is 0 Å². The average molecular weight is 720 g/mol. The summed E-state index contributed by atoms with van der Waals surface area (Å²) in [6.45, 7) is 7.68. The van der Waals surface area contributed by atoms with Crippen LogP contribution in [0.15, 0.2) is 54.7 Å². The summed E-state index contributed by atoms with van der Waals surface area (Å²) in [4.78, 5) is 40.5. The van der Waals surface area contributed by atoms with Gasteiger partial charge in [-0.1, -0.05) is 69.7 Å². The van der Waals surface area contributed by atoms with Crippen LogP contribution in [0.25, 0.3) is 0 Å². The largest absolute Gasteiger partial charge is 0.361 e. The van der Waals surface area contributed by atoms with E-state index in [2.05, 4.69) is 56.5 Å².